The second kappa shape index (κ2) is 12.5. The number of nitrogens with one attached hydrogen (secondary N) is 1. The SMILES string of the molecule is CCN(CC)CCc1nnn(-c2ccc(C)cc2)c1Cc1ccc(-c2ccc(NCCO)cc2)cc1. The average Bonchev–Trinajstić information content (AvgIpc) is 3.31. The smallest absolute Gasteiger partial charge is 0.0880 e. The first-order valence-electron chi connectivity index (χ1n) is 12.9. The van der Waals surface area contributed by atoms with Crippen LogP contribution in [0.5, 0.6) is 0 Å². The molecule has 0 aliphatic rings. The molecule has 2 N–H and O–H groups in total. The van der Waals surface area contributed by atoms with Crippen LogP contribution in [0.4, 0.5) is 5.69 Å². The van der Waals surface area contributed by atoms with Crippen LogP contribution in [0.2, 0.25) is 0 Å². The van der Waals surface area contributed by atoms with Gasteiger partial charge in [0.05, 0.1) is 23.7 Å². The highest BCUT2D eigenvalue weighted by atomic mass is 16.3. The van der Waals surface area contributed by atoms with Gasteiger partial charge >= 0.3 is 0 Å². The Kier molecular flexibility index (Phi) is 8.87. The van der Waals surface area contributed by atoms with E-state index in [1.807, 2.05) is 16.8 Å². The van der Waals surface area contributed by atoms with Gasteiger partial charge in [-0.25, -0.2) is 4.68 Å². The topological polar surface area (TPSA) is 66.2 Å². The third-order valence-corrected chi connectivity index (χ3v) is 6.67. The van der Waals surface area contributed by atoms with Crippen molar-refractivity contribution in [3.05, 3.63) is 95.3 Å². The van der Waals surface area contributed by atoms with Gasteiger partial charge in [0.2, 0.25) is 0 Å². The molecule has 36 heavy (non-hydrogen) atoms. The molecule has 0 saturated carbocycles. The Labute approximate surface area is 214 Å². The van der Waals surface area contributed by atoms with Gasteiger partial charge in [0.15, 0.2) is 0 Å². The summed E-state index contributed by atoms with van der Waals surface area (Å²) in [6, 6.07) is 25.6. The summed E-state index contributed by atoms with van der Waals surface area (Å²) >= 11 is 0. The lowest BCUT2D eigenvalue weighted by atomic mass is 10.0. The van der Waals surface area contributed by atoms with Crippen LogP contribution in [0.15, 0.2) is 72.8 Å². The minimum atomic E-state index is 0.124. The first-order valence-corrected chi connectivity index (χ1v) is 12.9. The first kappa shape index (κ1) is 25.6. The van der Waals surface area contributed by atoms with Gasteiger partial charge in [0.25, 0.3) is 0 Å². The van der Waals surface area contributed by atoms with Crippen LogP contribution in [0.25, 0.3) is 16.8 Å². The lowest BCUT2D eigenvalue weighted by molar-refractivity contribution is 0.306. The van der Waals surface area contributed by atoms with Gasteiger partial charge in [-0.2, -0.15) is 0 Å². The molecular formula is C30H37N5O. The van der Waals surface area contributed by atoms with Gasteiger partial charge < -0.3 is 15.3 Å². The maximum Gasteiger partial charge on any atom is 0.0880 e. The molecule has 188 valence electrons. The molecule has 0 aliphatic heterocycles. The normalized spacial score (nSPS) is 11.2. The Morgan fingerprint density at radius 3 is 2.11 bits per heavy atom. The van der Waals surface area contributed by atoms with E-state index in [1.165, 1.54) is 22.3 Å². The molecule has 0 bridgehead atoms. The van der Waals surface area contributed by atoms with Crippen molar-refractivity contribution in [1.82, 2.24) is 19.9 Å². The number of nitrogens with zero attached hydrogens (tertiary/aromatic N) is 4. The number of aryl methyl sites for hydroxylation is 1. The molecule has 4 aromatic rings. The zero-order valence-corrected chi connectivity index (χ0v) is 21.6. The molecule has 1 heterocycles. The molecule has 6 nitrogen and oxygen atoms in total. The highest BCUT2D eigenvalue weighted by Gasteiger charge is 2.16. The predicted octanol–water partition coefficient (Wildman–Crippen LogP) is 5.12. The maximum atomic E-state index is 8.99. The van der Waals surface area contributed by atoms with E-state index in [1.54, 1.807) is 0 Å². The van der Waals surface area contributed by atoms with Crippen molar-refractivity contribution in [1.29, 1.82) is 0 Å². The number of aromatic nitrogens is 3. The molecule has 4 rings (SSSR count). The van der Waals surface area contributed by atoms with Crippen molar-refractivity contribution in [2.45, 2.75) is 33.6 Å². The summed E-state index contributed by atoms with van der Waals surface area (Å²) in [4.78, 5) is 2.42. The predicted molar refractivity (Wildman–Crippen MR) is 148 cm³/mol. The second-order valence-corrected chi connectivity index (χ2v) is 9.11. The van der Waals surface area contributed by atoms with Crippen molar-refractivity contribution in [3.8, 4) is 16.8 Å². The molecule has 0 aliphatic carbocycles. The number of aliphatic hydroxyl groups is 1. The largest absolute Gasteiger partial charge is 0.395 e. The summed E-state index contributed by atoms with van der Waals surface area (Å²) in [6.07, 6.45) is 1.66. The molecular weight excluding hydrogens is 446 g/mol. The first-order chi connectivity index (χ1) is 17.6. The molecule has 0 unspecified atom stereocenters. The minimum Gasteiger partial charge on any atom is -0.395 e. The van der Waals surface area contributed by atoms with E-state index >= 15 is 0 Å². The molecule has 0 amide bonds. The second-order valence-electron chi connectivity index (χ2n) is 9.11. The highest BCUT2D eigenvalue weighted by molar-refractivity contribution is 5.66. The molecule has 0 saturated heterocycles. The van der Waals surface area contributed by atoms with Crippen molar-refractivity contribution in [3.63, 3.8) is 0 Å². The summed E-state index contributed by atoms with van der Waals surface area (Å²) in [7, 11) is 0. The Morgan fingerprint density at radius 2 is 1.50 bits per heavy atom. The van der Waals surface area contributed by atoms with Crippen LogP contribution < -0.4 is 5.32 Å². The third kappa shape index (κ3) is 6.39. The summed E-state index contributed by atoms with van der Waals surface area (Å²) in [5, 5.41) is 21.4. The Bertz CT molecular complexity index is 1210. The van der Waals surface area contributed by atoms with Crippen LogP contribution >= 0.6 is 0 Å². The number of benzene rings is 3. The number of aliphatic hydroxyl groups excluding tert-OH is 1. The van der Waals surface area contributed by atoms with E-state index in [0.717, 1.165) is 55.2 Å². The van der Waals surface area contributed by atoms with E-state index in [-0.39, 0.29) is 6.61 Å². The zero-order valence-electron chi connectivity index (χ0n) is 21.6. The van der Waals surface area contributed by atoms with Crippen molar-refractivity contribution in [2.24, 2.45) is 0 Å². The quantitative estimate of drug-likeness (QED) is 0.293. The average molecular weight is 484 g/mol. The molecule has 3 aromatic carbocycles. The fraction of sp³-hybridized carbons (Fsp3) is 0.333. The van der Waals surface area contributed by atoms with E-state index in [9.17, 15) is 0 Å². The van der Waals surface area contributed by atoms with E-state index < -0.39 is 0 Å². The van der Waals surface area contributed by atoms with Crippen LogP contribution in [0, 0.1) is 6.92 Å². The lowest BCUT2D eigenvalue weighted by Gasteiger charge is -2.17. The van der Waals surface area contributed by atoms with Crippen molar-refractivity contribution >= 4 is 5.69 Å². The van der Waals surface area contributed by atoms with Crippen molar-refractivity contribution in [2.75, 3.05) is 38.1 Å². The van der Waals surface area contributed by atoms with Gasteiger partial charge in [-0.05, 0) is 61.0 Å². The molecule has 0 spiro atoms. The monoisotopic (exact) mass is 483 g/mol. The summed E-state index contributed by atoms with van der Waals surface area (Å²) < 4.78 is 2.00. The molecule has 0 fully saturated rings. The Hall–Kier alpha value is -3.48. The van der Waals surface area contributed by atoms with Gasteiger partial charge in [-0.1, -0.05) is 73.2 Å². The summed E-state index contributed by atoms with van der Waals surface area (Å²) in [5.41, 5.74) is 9.09. The standard InChI is InChI=1S/C30H37N5O/c1-4-34(5-2)20-18-29-30(35(33-32-29)28-16-6-23(3)7-17-28)22-24-8-10-25(11-9-24)26-12-14-27(15-13-26)31-19-21-36/h6-17,31,36H,4-5,18-22H2,1-3H3. The Balaban J connectivity index is 1.56. The molecule has 0 atom stereocenters. The fourth-order valence-corrected chi connectivity index (χ4v) is 4.39. The lowest BCUT2D eigenvalue weighted by Crippen LogP contribution is -2.25. The van der Waals surface area contributed by atoms with Crippen LogP contribution in [0.3, 0.4) is 0 Å². The van der Waals surface area contributed by atoms with Gasteiger partial charge in [-0.15, -0.1) is 5.10 Å². The third-order valence-electron chi connectivity index (χ3n) is 6.67. The number of rotatable bonds is 12. The van der Waals surface area contributed by atoms with Gasteiger partial charge in [0, 0.05) is 31.6 Å². The van der Waals surface area contributed by atoms with E-state index in [0.29, 0.717) is 6.54 Å². The Morgan fingerprint density at radius 1 is 0.861 bits per heavy atom. The zero-order chi connectivity index (χ0) is 25.3. The highest BCUT2D eigenvalue weighted by Crippen LogP contribution is 2.24. The van der Waals surface area contributed by atoms with Gasteiger partial charge in [-0.3, -0.25) is 0 Å². The van der Waals surface area contributed by atoms with E-state index in [2.05, 4.69) is 102 Å². The molecule has 6 heteroatoms. The number of likely N-dealkylation sites (N-methyl/N-ethyl adjacent to an activating group) is 1. The van der Waals surface area contributed by atoms with Crippen LogP contribution in [0.1, 0.15) is 36.4 Å². The van der Waals surface area contributed by atoms with Crippen molar-refractivity contribution < 1.29 is 5.11 Å². The van der Waals surface area contributed by atoms with Crippen LogP contribution in [-0.4, -0.2) is 57.8 Å². The fourth-order valence-electron chi connectivity index (χ4n) is 4.39. The minimum absolute atomic E-state index is 0.124. The number of anilines is 1. The molecule has 1 aromatic heterocycles. The van der Waals surface area contributed by atoms with Crippen LogP contribution in [-0.2, 0) is 12.8 Å². The summed E-state index contributed by atoms with van der Waals surface area (Å²) in [6.45, 7) is 10.2. The van der Waals surface area contributed by atoms with E-state index in [4.69, 9.17) is 5.11 Å². The summed E-state index contributed by atoms with van der Waals surface area (Å²) in [5.74, 6) is 0. The molecule has 0 radical (unpaired) electrons. The number of hydrogen-bond donors (Lipinski definition) is 2. The number of hydrogen-bond acceptors (Lipinski definition) is 5. The maximum absolute atomic E-state index is 8.99. The van der Waals surface area contributed by atoms with Gasteiger partial charge in [0.1, 0.15) is 0 Å².